The Bertz CT molecular complexity index is 361. The zero-order valence-electron chi connectivity index (χ0n) is 10.3. The van der Waals surface area contributed by atoms with Gasteiger partial charge in [-0.1, -0.05) is 13.8 Å². The molecule has 90 valence electrons. The fourth-order valence-corrected chi connectivity index (χ4v) is 2.02. The number of phenolic OH excluding ortho intramolecular Hbond substituents is 1. The number of aromatic hydroxyl groups is 1. The molecule has 0 saturated carbocycles. The van der Waals surface area contributed by atoms with Crippen LogP contribution in [0.4, 0.5) is 5.69 Å². The van der Waals surface area contributed by atoms with Crippen LogP contribution in [0.5, 0.6) is 5.75 Å². The highest BCUT2D eigenvalue weighted by atomic mass is 79.9. The van der Waals surface area contributed by atoms with Gasteiger partial charge in [0.1, 0.15) is 5.75 Å². The topological polar surface area (TPSA) is 32.3 Å². The molecule has 1 aromatic carbocycles. The van der Waals surface area contributed by atoms with Crippen molar-refractivity contribution in [1.82, 2.24) is 0 Å². The van der Waals surface area contributed by atoms with E-state index in [-0.39, 0.29) is 0 Å². The summed E-state index contributed by atoms with van der Waals surface area (Å²) in [6, 6.07) is 4.28. The molecule has 1 rings (SSSR count). The molecule has 0 fully saturated rings. The standard InChI is InChI=1S/C13H20BrNO/c1-8(2)5-10-6-11(15-9(3)4)13(14)12(16)7-10/h6-9,15-16H,5H2,1-4H3. The highest BCUT2D eigenvalue weighted by Gasteiger charge is 2.09. The number of phenols is 1. The Morgan fingerprint density at radius 2 is 1.88 bits per heavy atom. The van der Waals surface area contributed by atoms with Crippen LogP contribution in [0.15, 0.2) is 16.6 Å². The van der Waals surface area contributed by atoms with E-state index in [4.69, 9.17) is 0 Å². The Morgan fingerprint density at radius 1 is 1.25 bits per heavy atom. The average molecular weight is 286 g/mol. The van der Waals surface area contributed by atoms with Gasteiger partial charge in [-0.05, 0) is 59.8 Å². The van der Waals surface area contributed by atoms with Gasteiger partial charge >= 0.3 is 0 Å². The first-order valence-electron chi connectivity index (χ1n) is 5.68. The molecule has 0 aliphatic heterocycles. The van der Waals surface area contributed by atoms with Crippen LogP contribution in [-0.2, 0) is 6.42 Å². The number of hydrogen-bond donors (Lipinski definition) is 2. The molecule has 0 saturated heterocycles. The van der Waals surface area contributed by atoms with E-state index in [1.165, 1.54) is 5.56 Å². The lowest BCUT2D eigenvalue weighted by atomic mass is 10.0. The second-order valence-corrected chi connectivity index (χ2v) is 5.67. The summed E-state index contributed by atoms with van der Waals surface area (Å²) >= 11 is 3.40. The molecule has 1 aromatic rings. The Labute approximate surface area is 106 Å². The first kappa shape index (κ1) is 13.4. The summed E-state index contributed by atoms with van der Waals surface area (Å²) in [6.45, 7) is 8.51. The number of benzene rings is 1. The quantitative estimate of drug-likeness (QED) is 0.870. The molecule has 0 radical (unpaired) electrons. The molecule has 0 amide bonds. The number of nitrogens with one attached hydrogen (secondary N) is 1. The molecule has 0 aromatic heterocycles. The predicted molar refractivity (Wildman–Crippen MR) is 73.1 cm³/mol. The Kier molecular flexibility index (Phi) is 4.66. The van der Waals surface area contributed by atoms with Crippen LogP contribution < -0.4 is 5.32 Å². The summed E-state index contributed by atoms with van der Waals surface area (Å²) in [7, 11) is 0. The molecular weight excluding hydrogens is 266 g/mol. The Balaban J connectivity index is 3.01. The summed E-state index contributed by atoms with van der Waals surface area (Å²) in [5.74, 6) is 0.897. The lowest BCUT2D eigenvalue weighted by molar-refractivity contribution is 0.470. The molecule has 0 unspecified atom stereocenters. The zero-order valence-corrected chi connectivity index (χ0v) is 11.9. The fourth-order valence-electron chi connectivity index (χ4n) is 1.67. The maximum atomic E-state index is 9.82. The minimum atomic E-state index is 0.307. The summed E-state index contributed by atoms with van der Waals surface area (Å²) in [5, 5.41) is 13.1. The van der Waals surface area contributed by atoms with Crippen molar-refractivity contribution < 1.29 is 5.11 Å². The molecule has 2 N–H and O–H groups in total. The lowest BCUT2D eigenvalue weighted by Gasteiger charge is -2.15. The normalized spacial score (nSPS) is 11.2. The minimum Gasteiger partial charge on any atom is -0.507 e. The SMILES string of the molecule is CC(C)Cc1cc(O)c(Br)c(NC(C)C)c1. The molecule has 2 nitrogen and oxygen atoms in total. The van der Waals surface area contributed by atoms with Crippen LogP contribution in [-0.4, -0.2) is 11.1 Å². The van der Waals surface area contributed by atoms with Crippen molar-refractivity contribution in [3.8, 4) is 5.75 Å². The first-order chi connectivity index (χ1) is 7.40. The van der Waals surface area contributed by atoms with E-state index < -0.39 is 0 Å². The van der Waals surface area contributed by atoms with Gasteiger partial charge in [-0.3, -0.25) is 0 Å². The van der Waals surface area contributed by atoms with Crippen LogP contribution in [0.2, 0.25) is 0 Å². The zero-order chi connectivity index (χ0) is 12.3. The van der Waals surface area contributed by atoms with Gasteiger partial charge in [0, 0.05) is 6.04 Å². The molecular formula is C13H20BrNO. The average Bonchev–Trinajstić information content (AvgIpc) is 2.11. The van der Waals surface area contributed by atoms with E-state index in [9.17, 15) is 5.11 Å². The van der Waals surface area contributed by atoms with Crippen LogP contribution in [0.25, 0.3) is 0 Å². The highest BCUT2D eigenvalue weighted by Crippen LogP contribution is 2.34. The monoisotopic (exact) mass is 285 g/mol. The molecule has 0 bridgehead atoms. The van der Waals surface area contributed by atoms with Gasteiger partial charge < -0.3 is 10.4 Å². The van der Waals surface area contributed by atoms with Crippen molar-refractivity contribution in [1.29, 1.82) is 0 Å². The summed E-state index contributed by atoms with van der Waals surface area (Å²) < 4.78 is 0.744. The van der Waals surface area contributed by atoms with E-state index >= 15 is 0 Å². The molecule has 0 heterocycles. The third-order valence-corrected chi connectivity index (χ3v) is 3.03. The summed E-state index contributed by atoms with van der Waals surface area (Å²) in [6.07, 6.45) is 0.980. The Morgan fingerprint density at radius 3 is 2.38 bits per heavy atom. The number of rotatable bonds is 4. The van der Waals surface area contributed by atoms with Crippen LogP contribution in [0.3, 0.4) is 0 Å². The predicted octanol–water partition coefficient (Wildman–Crippen LogP) is 4.17. The van der Waals surface area contributed by atoms with E-state index in [1.807, 2.05) is 6.07 Å². The second kappa shape index (κ2) is 5.58. The van der Waals surface area contributed by atoms with Crippen molar-refractivity contribution in [2.75, 3.05) is 5.32 Å². The van der Waals surface area contributed by atoms with Gasteiger partial charge in [0.05, 0.1) is 10.2 Å². The third kappa shape index (κ3) is 3.71. The maximum absolute atomic E-state index is 9.82. The van der Waals surface area contributed by atoms with Crippen LogP contribution in [0.1, 0.15) is 33.3 Å². The van der Waals surface area contributed by atoms with Gasteiger partial charge in [0.25, 0.3) is 0 Å². The van der Waals surface area contributed by atoms with Gasteiger partial charge in [0.2, 0.25) is 0 Å². The van der Waals surface area contributed by atoms with E-state index in [1.54, 1.807) is 0 Å². The van der Waals surface area contributed by atoms with Crippen molar-refractivity contribution in [2.24, 2.45) is 5.92 Å². The lowest BCUT2D eigenvalue weighted by Crippen LogP contribution is -2.10. The second-order valence-electron chi connectivity index (χ2n) is 4.87. The molecule has 3 heteroatoms. The maximum Gasteiger partial charge on any atom is 0.132 e. The van der Waals surface area contributed by atoms with Crippen molar-refractivity contribution in [2.45, 2.75) is 40.2 Å². The number of halogens is 1. The van der Waals surface area contributed by atoms with E-state index in [0.717, 1.165) is 16.6 Å². The van der Waals surface area contributed by atoms with Crippen LogP contribution in [0, 0.1) is 5.92 Å². The number of hydrogen-bond acceptors (Lipinski definition) is 2. The van der Waals surface area contributed by atoms with Gasteiger partial charge in [-0.15, -0.1) is 0 Å². The number of anilines is 1. The summed E-state index contributed by atoms with van der Waals surface area (Å²) in [4.78, 5) is 0. The smallest absolute Gasteiger partial charge is 0.132 e. The largest absolute Gasteiger partial charge is 0.507 e. The molecule has 0 aliphatic carbocycles. The van der Waals surface area contributed by atoms with Crippen molar-refractivity contribution in [3.63, 3.8) is 0 Å². The Hall–Kier alpha value is -0.700. The van der Waals surface area contributed by atoms with E-state index in [2.05, 4.69) is 55.0 Å². The van der Waals surface area contributed by atoms with Gasteiger partial charge in [-0.2, -0.15) is 0 Å². The molecule has 0 aliphatic rings. The summed E-state index contributed by atoms with van der Waals surface area (Å²) in [5.41, 5.74) is 2.13. The highest BCUT2D eigenvalue weighted by molar-refractivity contribution is 9.10. The first-order valence-corrected chi connectivity index (χ1v) is 6.47. The van der Waals surface area contributed by atoms with Gasteiger partial charge in [-0.25, -0.2) is 0 Å². The molecule has 0 atom stereocenters. The third-order valence-electron chi connectivity index (χ3n) is 2.20. The van der Waals surface area contributed by atoms with Gasteiger partial charge in [0.15, 0.2) is 0 Å². The fraction of sp³-hybridized carbons (Fsp3) is 0.538. The molecule has 0 spiro atoms. The minimum absolute atomic E-state index is 0.307. The molecule has 16 heavy (non-hydrogen) atoms. The van der Waals surface area contributed by atoms with Crippen molar-refractivity contribution in [3.05, 3.63) is 22.2 Å². The van der Waals surface area contributed by atoms with E-state index in [0.29, 0.717) is 17.7 Å². The van der Waals surface area contributed by atoms with Crippen LogP contribution >= 0.6 is 15.9 Å². The van der Waals surface area contributed by atoms with Crippen molar-refractivity contribution >= 4 is 21.6 Å².